The Kier molecular flexibility index (Phi) is 6.07. The van der Waals surface area contributed by atoms with Gasteiger partial charge in [-0.2, -0.15) is 0 Å². The predicted molar refractivity (Wildman–Crippen MR) is 104 cm³/mol. The number of aromatic nitrogens is 3. The molecule has 1 atom stereocenters. The molecule has 1 aromatic heterocycles. The second-order valence-electron chi connectivity index (χ2n) is 6.30. The summed E-state index contributed by atoms with van der Waals surface area (Å²) in [6.45, 7) is 4.61. The monoisotopic (exact) mass is 366 g/mol. The predicted octanol–water partition coefficient (Wildman–Crippen LogP) is 3.70. The number of nitrogens with zero attached hydrogens (tertiary/aromatic N) is 3. The van der Waals surface area contributed by atoms with Crippen molar-refractivity contribution in [2.24, 2.45) is 5.92 Å². The lowest BCUT2D eigenvalue weighted by atomic mass is 10.1. The summed E-state index contributed by atoms with van der Waals surface area (Å²) < 4.78 is 1.91. The van der Waals surface area contributed by atoms with E-state index in [1.165, 1.54) is 11.8 Å². The minimum absolute atomic E-state index is 0.0106. The Labute approximate surface area is 157 Å². The van der Waals surface area contributed by atoms with Gasteiger partial charge in [-0.05, 0) is 23.6 Å². The molecule has 0 spiro atoms. The molecule has 0 radical (unpaired) electrons. The smallest absolute Gasteiger partial charge is 0.234 e. The van der Waals surface area contributed by atoms with Crippen molar-refractivity contribution >= 4 is 17.7 Å². The molecule has 3 aromatic rings. The summed E-state index contributed by atoms with van der Waals surface area (Å²) >= 11 is 1.45. The second kappa shape index (κ2) is 8.67. The van der Waals surface area contributed by atoms with E-state index in [4.69, 9.17) is 0 Å². The number of carbonyl (C=O) groups is 1. The molecule has 134 valence electrons. The summed E-state index contributed by atoms with van der Waals surface area (Å²) in [5.74, 6) is 0.174. The molecule has 0 unspecified atom stereocenters. The van der Waals surface area contributed by atoms with E-state index in [0.29, 0.717) is 11.7 Å². The van der Waals surface area contributed by atoms with E-state index in [-0.39, 0.29) is 17.1 Å². The molecule has 0 fully saturated rings. The molecule has 0 saturated heterocycles. The standard InChI is InChI=1S/C20H22N4OS/c1-15(2)18(19(25)21-13-16-9-5-3-6-10-16)26-20-23-22-14-24(20)17-11-7-4-8-12-17/h3-12,14-15,18H,13H2,1-2H3,(H,21,25)/t18-/m0/s1. The summed E-state index contributed by atoms with van der Waals surface area (Å²) in [5, 5.41) is 11.7. The SMILES string of the molecule is CC(C)[C@H](Sc1nncn1-c1ccccc1)C(=O)NCc1ccccc1. The van der Waals surface area contributed by atoms with Gasteiger partial charge in [-0.15, -0.1) is 10.2 Å². The fourth-order valence-electron chi connectivity index (χ4n) is 2.56. The molecule has 26 heavy (non-hydrogen) atoms. The Balaban J connectivity index is 1.71. The molecule has 1 amide bonds. The molecule has 5 nitrogen and oxygen atoms in total. The highest BCUT2D eigenvalue weighted by Gasteiger charge is 2.25. The number of thioether (sulfide) groups is 1. The molecule has 1 N–H and O–H groups in total. The van der Waals surface area contributed by atoms with Crippen LogP contribution in [0.15, 0.2) is 72.1 Å². The van der Waals surface area contributed by atoms with E-state index in [2.05, 4.69) is 15.5 Å². The average molecular weight is 366 g/mol. The molecule has 6 heteroatoms. The molecule has 1 heterocycles. The van der Waals surface area contributed by atoms with Crippen molar-refractivity contribution in [3.8, 4) is 5.69 Å². The third kappa shape index (κ3) is 4.52. The van der Waals surface area contributed by atoms with Gasteiger partial charge in [-0.25, -0.2) is 0 Å². The normalized spacial score (nSPS) is 12.1. The zero-order valence-electron chi connectivity index (χ0n) is 14.9. The maximum Gasteiger partial charge on any atom is 0.234 e. The molecule has 0 aliphatic heterocycles. The van der Waals surface area contributed by atoms with E-state index in [9.17, 15) is 4.79 Å². The molecule has 0 bridgehead atoms. The number of para-hydroxylation sites is 1. The van der Waals surface area contributed by atoms with Crippen molar-refractivity contribution in [2.45, 2.75) is 30.8 Å². The summed E-state index contributed by atoms with van der Waals surface area (Å²) in [6.07, 6.45) is 1.68. The van der Waals surface area contributed by atoms with Crippen molar-refractivity contribution in [3.63, 3.8) is 0 Å². The molecule has 0 aliphatic rings. The summed E-state index contributed by atoms with van der Waals surface area (Å²) in [6, 6.07) is 19.8. The Morgan fingerprint density at radius 2 is 1.73 bits per heavy atom. The van der Waals surface area contributed by atoms with Gasteiger partial charge in [0.15, 0.2) is 5.16 Å². The number of amides is 1. The molecule has 0 saturated carbocycles. The van der Waals surface area contributed by atoms with Gasteiger partial charge in [0.05, 0.1) is 5.25 Å². The quantitative estimate of drug-likeness (QED) is 0.648. The van der Waals surface area contributed by atoms with Crippen LogP contribution in [-0.4, -0.2) is 25.9 Å². The van der Waals surface area contributed by atoms with E-state index in [1.54, 1.807) is 6.33 Å². The van der Waals surface area contributed by atoms with Gasteiger partial charge in [0.1, 0.15) is 6.33 Å². The summed E-state index contributed by atoms with van der Waals surface area (Å²) in [5.41, 5.74) is 2.06. The van der Waals surface area contributed by atoms with Crippen molar-refractivity contribution in [2.75, 3.05) is 0 Å². The molecular weight excluding hydrogens is 344 g/mol. The number of nitrogens with one attached hydrogen (secondary N) is 1. The van der Waals surface area contributed by atoms with Crippen LogP contribution in [0.5, 0.6) is 0 Å². The summed E-state index contributed by atoms with van der Waals surface area (Å²) in [7, 11) is 0. The maximum atomic E-state index is 12.7. The van der Waals surface area contributed by atoms with Gasteiger partial charge >= 0.3 is 0 Å². The number of hydrogen-bond acceptors (Lipinski definition) is 4. The first kappa shape index (κ1) is 18.2. The molecule has 2 aromatic carbocycles. The lowest BCUT2D eigenvalue weighted by Gasteiger charge is -2.19. The van der Waals surface area contributed by atoms with Gasteiger partial charge in [-0.3, -0.25) is 9.36 Å². The largest absolute Gasteiger partial charge is 0.351 e. The highest BCUT2D eigenvalue weighted by Crippen LogP contribution is 2.28. The van der Waals surface area contributed by atoms with Crippen LogP contribution in [0, 0.1) is 5.92 Å². The first-order valence-corrected chi connectivity index (χ1v) is 9.47. The zero-order valence-corrected chi connectivity index (χ0v) is 15.7. The van der Waals surface area contributed by atoms with Gasteiger partial charge in [0.2, 0.25) is 5.91 Å². The third-order valence-electron chi connectivity index (χ3n) is 3.96. The molecule has 3 rings (SSSR count). The van der Waals surface area contributed by atoms with Gasteiger partial charge in [-0.1, -0.05) is 74.1 Å². The first-order valence-electron chi connectivity index (χ1n) is 8.59. The number of rotatable bonds is 7. The Bertz CT molecular complexity index is 833. The molecular formula is C20H22N4OS. The first-order chi connectivity index (χ1) is 12.6. The van der Waals surface area contributed by atoms with Crippen molar-refractivity contribution in [1.82, 2.24) is 20.1 Å². The minimum atomic E-state index is -0.245. The van der Waals surface area contributed by atoms with Gasteiger partial charge < -0.3 is 5.32 Å². The van der Waals surface area contributed by atoms with Crippen molar-refractivity contribution in [1.29, 1.82) is 0 Å². The van der Waals surface area contributed by atoms with E-state index in [0.717, 1.165) is 11.3 Å². The maximum absolute atomic E-state index is 12.7. The van der Waals surface area contributed by atoms with Crippen LogP contribution in [0.25, 0.3) is 5.69 Å². The number of benzene rings is 2. The second-order valence-corrected chi connectivity index (χ2v) is 7.41. The van der Waals surface area contributed by atoms with Crippen LogP contribution in [0.2, 0.25) is 0 Å². The lowest BCUT2D eigenvalue weighted by Crippen LogP contribution is -2.35. The highest BCUT2D eigenvalue weighted by molar-refractivity contribution is 8.00. The van der Waals surface area contributed by atoms with Crippen molar-refractivity contribution < 1.29 is 4.79 Å². The van der Waals surface area contributed by atoms with E-state index in [1.807, 2.05) is 79.1 Å². The zero-order chi connectivity index (χ0) is 18.4. The lowest BCUT2D eigenvalue weighted by molar-refractivity contribution is -0.121. The van der Waals surface area contributed by atoms with Gasteiger partial charge in [0.25, 0.3) is 0 Å². The topological polar surface area (TPSA) is 59.8 Å². The molecule has 0 aliphatic carbocycles. The third-order valence-corrected chi connectivity index (χ3v) is 5.46. The van der Waals surface area contributed by atoms with Crippen molar-refractivity contribution in [3.05, 3.63) is 72.6 Å². The Morgan fingerprint density at radius 3 is 2.38 bits per heavy atom. The van der Waals surface area contributed by atoms with E-state index >= 15 is 0 Å². The Morgan fingerprint density at radius 1 is 1.08 bits per heavy atom. The number of hydrogen-bond donors (Lipinski definition) is 1. The van der Waals surface area contributed by atoms with Crippen LogP contribution in [0.1, 0.15) is 19.4 Å². The van der Waals surface area contributed by atoms with Crippen LogP contribution in [0.3, 0.4) is 0 Å². The van der Waals surface area contributed by atoms with Crippen LogP contribution < -0.4 is 5.32 Å². The highest BCUT2D eigenvalue weighted by atomic mass is 32.2. The van der Waals surface area contributed by atoms with E-state index < -0.39 is 0 Å². The Hall–Kier alpha value is -2.60. The minimum Gasteiger partial charge on any atom is -0.351 e. The number of carbonyl (C=O) groups excluding carboxylic acids is 1. The van der Waals surface area contributed by atoms with Gasteiger partial charge in [0, 0.05) is 12.2 Å². The summed E-state index contributed by atoms with van der Waals surface area (Å²) in [4.78, 5) is 12.7. The van der Waals surface area contributed by atoms with Crippen LogP contribution in [-0.2, 0) is 11.3 Å². The van der Waals surface area contributed by atoms with Crippen LogP contribution in [0.4, 0.5) is 0 Å². The fourth-order valence-corrected chi connectivity index (χ4v) is 3.61. The fraction of sp³-hybridized carbons (Fsp3) is 0.250. The average Bonchev–Trinajstić information content (AvgIpc) is 3.14. The van der Waals surface area contributed by atoms with Crippen LogP contribution >= 0.6 is 11.8 Å².